The van der Waals surface area contributed by atoms with Gasteiger partial charge in [0.2, 0.25) is 0 Å². The topological polar surface area (TPSA) is 58.4 Å². The van der Waals surface area contributed by atoms with Crippen LogP contribution >= 0.6 is 11.6 Å². The number of carbonyl (C=O) groups is 1. The third kappa shape index (κ3) is 3.01. The second kappa shape index (κ2) is 6.26. The maximum Gasteiger partial charge on any atom is 0.252 e. The average Bonchev–Trinajstić information content (AvgIpc) is 2.40. The van der Waals surface area contributed by atoms with Crippen LogP contribution < -0.4 is 16.0 Å². The van der Waals surface area contributed by atoms with Crippen molar-refractivity contribution in [3.05, 3.63) is 28.8 Å². The van der Waals surface area contributed by atoms with Gasteiger partial charge in [-0.2, -0.15) is 0 Å². The summed E-state index contributed by atoms with van der Waals surface area (Å²) >= 11 is 6.12. The Bertz CT molecular complexity index is 458. The summed E-state index contributed by atoms with van der Waals surface area (Å²) in [5.41, 5.74) is 6.74. The number of amides is 1. The van der Waals surface area contributed by atoms with E-state index in [-0.39, 0.29) is 0 Å². The summed E-state index contributed by atoms with van der Waals surface area (Å²) in [5.74, 6) is -0.470. The maximum atomic E-state index is 11.6. The molecule has 1 atom stereocenters. The number of likely N-dealkylation sites (N-methyl/N-ethyl adjacent to an activating group) is 1. The molecule has 1 amide bonds. The molecule has 1 unspecified atom stereocenters. The zero-order valence-electron chi connectivity index (χ0n) is 11.2. The Kier molecular flexibility index (Phi) is 4.66. The van der Waals surface area contributed by atoms with Crippen LogP contribution in [0.4, 0.5) is 5.69 Å². The van der Waals surface area contributed by atoms with Gasteiger partial charge in [0, 0.05) is 19.1 Å². The molecule has 1 heterocycles. The van der Waals surface area contributed by atoms with Crippen LogP contribution in [0.2, 0.25) is 5.02 Å². The summed E-state index contributed by atoms with van der Waals surface area (Å²) in [6, 6.07) is 5.88. The fourth-order valence-corrected chi connectivity index (χ4v) is 2.98. The molecular formula is C14H20ClN3O. The monoisotopic (exact) mass is 281 g/mol. The lowest BCUT2D eigenvalue weighted by molar-refractivity contribution is 0.100. The van der Waals surface area contributed by atoms with Crippen LogP contribution in [0.5, 0.6) is 0 Å². The van der Waals surface area contributed by atoms with Crippen LogP contribution in [0.25, 0.3) is 0 Å². The van der Waals surface area contributed by atoms with Crippen LogP contribution in [0, 0.1) is 0 Å². The van der Waals surface area contributed by atoms with Crippen molar-refractivity contribution in [3.8, 4) is 0 Å². The SMILES string of the molecule is CCN(c1cccc(Cl)c1C(N)=O)C1CCCNC1. The highest BCUT2D eigenvalue weighted by molar-refractivity contribution is 6.34. The van der Waals surface area contributed by atoms with E-state index in [9.17, 15) is 4.79 Å². The second-order valence-electron chi connectivity index (χ2n) is 4.78. The zero-order valence-corrected chi connectivity index (χ0v) is 11.9. The molecule has 0 radical (unpaired) electrons. The fraction of sp³-hybridized carbons (Fsp3) is 0.500. The van der Waals surface area contributed by atoms with E-state index >= 15 is 0 Å². The smallest absolute Gasteiger partial charge is 0.252 e. The van der Waals surface area contributed by atoms with Crippen molar-refractivity contribution >= 4 is 23.2 Å². The van der Waals surface area contributed by atoms with Gasteiger partial charge in [-0.1, -0.05) is 17.7 Å². The molecule has 0 saturated carbocycles. The summed E-state index contributed by atoms with van der Waals surface area (Å²) in [6.45, 7) is 4.90. The van der Waals surface area contributed by atoms with Crippen LogP contribution in [0.15, 0.2) is 18.2 Å². The lowest BCUT2D eigenvalue weighted by Crippen LogP contribution is -2.46. The molecular weight excluding hydrogens is 262 g/mol. The first-order valence-electron chi connectivity index (χ1n) is 6.70. The average molecular weight is 282 g/mol. The molecule has 19 heavy (non-hydrogen) atoms. The third-order valence-corrected chi connectivity index (χ3v) is 3.91. The van der Waals surface area contributed by atoms with Crippen molar-refractivity contribution in [3.63, 3.8) is 0 Å². The number of halogens is 1. The number of rotatable bonds is 4. The quantitative estimate of drug-likeness (QED) is 0.888. The number of primary amides is 1. The molecule has 0 spiro atoms. The first-order chi connectivity index (χ1) is 9.15. The van der Waals surface area contributed by atoms with Gasteiger partial charge in [0.05, 0.1) is 16.3 Å². The Labute approximate surface area is 118 Å². The molecule has 4 nitrogen and oxygen atoms in total. The van der Waals surface area contributed by atoms with E-state index in [0.29, 0.717) is 16.6 Å². The van der Waals surface area contributed by atoms with Crippen molar-refractivity contribution in [2.45, 2.75) is 25.8 Å². The van der Waals surface area contributed by atoms with Gasteiger partial charge in [0.25, 0.3) is 5.91 Å². The molecule has 0 aromatic heterocycles. The van der Waals surface area contributed by atoms with Gasteiger partial charge in [-0.15, -0.1) is 0 Å². The Balaban J connectivity index is 2.37. The summed E-state index contributed by atoms with van der Waals surface area (Å²) in [4.78, 5) is 13.9. The maximum absolute atomic E-state index is 11.6. The molecule has 1 fully saturated rings. The molecule has 1 aliphatic rings. The molecule has 5 heteroatoms. The van der Waals surface area contributed by atoms with Crippen molar-refractivity contribution < 1.29 is 4.79 Å². The highest BCUT2D eigenvalue weighted by Gasteiger charge is 2.24. The van der Waals surface area contributed by atoms with E-state index in [1.165, 1.54) is 0 Å². The van der Waals surface area contributed by atoms with E-state index < -0.39 is 5.91 Å². The van der Waals surface area contributed by atoms with Crippen LogP contribution in [-0.2, 0) is 0 Å². The van der Waals surface area contributed by atoms with E-state index in [4.69, 9.17) is 17.3 Å². The molecule has 0 aliphatic carbocycles. The Morgan fingerprint density at radius 3 is 2.95 bits per heavy atom. The van der Waals surface area contributed by atoms with E-state index in [2.05, 4.69) is 17.1 Å². The zero-order chi connectivity index (χ0) is 13.8. The highest BCUT2D eigenvalue weighted by atomic mass is 35.5. The van der Waals surface area contributed by atoms with Gasteiger partial charge in [-0.3, -0.25) is 4.79 Å². The molecule has 1 saturated heterocycles. The third-order valence-electron chi connectivity index (χ3n) is 3.60. The van der Waals surface area contributed by atoms with E-state index in [1.807, 2.05) is 12.1 Å². The minimum Gasteiger partial charge on any atom is -0.367 e. The first kappa shape index (κ1) is 14.2. The molecule has 2 rings (SSSR count). The standard InChI is InChI=1S/C14H20ClN3O/c1-2-18(10-5-4-8-17-9-10)12-7-3-6-11(15)13(12)14(16)19/h3,6-7,10,17H,2,4-5,8-9H2,1H3,(H2,16,19). The number of nitrogens with zero attached hydrogens (tertiary/aromatic N) is 1. The molecule has 104 valence electrons. The molecule has 1 aromatic rings. The number of hydrogen-bond acceptors (Lipinski definition) is 3. The van der Waals surface area contributed by atoms with Crippen LogP contribution in [0.3, 0.4) is 0 Å². The van der Waals surface area contributed by atoms with E-state index in [0.717, 1.165) is 38.2 Å². The Hall–Kier alpha value is -1.26. The lowest BCUT2D eigenvalue weighted by Gasteiger charge is -2.36. The van der Waals surface area contributed by atoms with Gasteiger partial charge < -0.3 is 16.0 Å². The number of nitrogens with two attached hydrogens (primary N) is 1. The van der Waals surface area contributed by atoms with Crippen molar-refractivity contribution in [1.29, 1.82) is 0 Å². The summed E-state index contributed by atoms with van der Waals surface area (Å²) in [7, 11) is 0. The van der Waals surface area contributed by atoms with Gasteiger partial charge in [-0.25, -0.2) is 0 Å². The fourth-order valence-electron chi connectivity index (χ4n) is 2.72. The van der Waals surface area contributed by atoms with Gasteiger partial charge >= 0.3 is 0 Å². The molecule has 1 aliphatic heterocycles. The van der Waals surface area contributed by atoms with Crippen LogP contribution in [-0.4, -0.2) is 31.6 Å². The minimum atomic E-state index is -0.470. The number of hydrogen-bond donors (Lipinski definition) is 2. The molecule has 1 aromatic carbocycles. The number of anilines is 1. The largest absolute Gasteiger partial charge is 0.367 e. The highest BCUT2D eigenvalue weighted by Crippen LogP contribution is 2.29. The Morgan fingerprint density at radius 2 is 2.37 bits per heavy atom. The van der Waals surface area contributed by atoms with Gasteiger partial charge in [-0.05, 0) is 38.4 Å². The first-order valence-corrected chi connectivity index (χ1v) is 7.08. The van der Waals surface area contributed by atoms with Gasteiger partial charge in [0.15, 0.2) is 0 Å². The normalized spacial score (nSPS) is 19.2. The van der Waals surface area contributed by atoms with Crippen molar-refractivity contribution in [2.24, 2.45) is 5.73 Å². The lowest BCUT2D eigenvalue weighted by atomic mass is 10.0. The summed E-state index contributed by atoms with van der Waals surface area (Å²) in [6.07, 6.45) is 2.26. The number of carbonyl (C=O) groups excluding carboxylic acids is 1. The predicted molar refractivity (Wildman–Crippen MR) is 78.9 cm³/mol. The summed E-state index contributed by atoms with van der Waals surface area (Å²) < 4.78 is 0. The summed E-state index contributed by atoms with van der Waals surface area (Å²) in [5, 5.41) is 3.82. The second-order valence-corrected chi connectivity index (χ2v) is 5.19. The molecule has 3 N–H and O–H groups in total. The van der Waals surface area contributed by atoms with Crippen molar-refractivity contribution in [2.75, 3.05) is 24.5 Å². The number of piperidine rings is 1. The molecule has 0 bridgehead atoms. The number of benzene rings is 1. The van der Waals surface area contributed by atoms with Gasteiger partial charge in [0.1, 0.15) is 0 Å². The minimum absolute atomic E-state index is 0.385. The predicted octanol–water partition coefficient (Wildman–Crippen LogP) is 2.02. The van der Waals surface area contributed by atoms with E-state index in [1.54, 1.807) is 6.07 Å². The Morgan fingerprint density at radius 1 is 1.58 bits per heavy atom. The van der Waals surface area contributed by atoms with Crippen molar-refractivity contribution in [1.82, 2.24) is 5.32 Å². The van der Waals surface area contributed by atoms with Crippen LogP contribution in [0.1, 0.15) is 30.1 Å². The number of nitrogens with one attached hydrogen (secondary N) is 1.